The molecule has 9 nitrogen and oxygen atoms in total. The number of carbonyl (C=O) groups excluding carboxylic acids is 1. The lowest BCUT2D eigenvalue weighted by molar-refractivity contribution is -0.123. The quantitative estimate of drug-likeness (QED) is 0.604. The van der Waals surface area contributed by atoms with Crippen LogP contribution in [0.3, 0.4) is 0 Å². The fraction of sp³-hybridized carbons (Fsp3) is 0.412. The Labute approximate surface area is 150 Å². The summed E-state index contributed by atoms with van der Waals surface area (Å²) in [6.45, 7) is 4.05. The monoisotopic (exact) mass is 357 g/mol. The molecular weight excluding hydrogens is 334 g/mol. The molecule has 3 aromatic rings. The number of fused-ring (bicyclic) bond motifs is 1. The molecule has 0 aliphatic heterocycles. The van der Waals surface area contributed by atoms with Gasteiger partial charge in [0.05, 0.1) is 11.6 Å². The Kier molecular flexibility index (Phi) is 4.64. The van der Waals surface area contributed by atoms with Crippen molar-refractivity contribution in [2.45, 2.75) is 26.4 Å². The highest BCUT2D eigenvalue weighted by molar-refractivity contribution is 5.84. The van der Waals surface area contributed by atoms with Gasteiger partial charge in [-0.15, -0.1) is 0 Å². The van der Waals surface area contributed by atoms with Crippen molar-refractivity contribution in [3.05, 3.63) is 45.1 Å². The van der Waals surface area contributed by atoms with E-state index >= 15 is 0 Å². The summed E-state index contributed by atoms with van der Waals surface area (Å²) >= 11 is 0. The van der Waals surface area contributed by atoms with Gasteiger partial charge in [0.25, 0.3) is 5.56 Å². The highest BCUT2D eigenvalue weighted by atomic mass is 16.2. The van der Waals surface area contributed by atoms with Crippen LogP contribution in [0.5, 0.6) is 0 Å². The lowest BCUT2D eigenvalue weighted by Crippen LogP contribution is -2.35. The number of nitrogens with one attached hydrogen (secondary N) is 3. The second-order valence-corrected chi connectivity index (χ2v) is 6.39. The van der Waals surface area contributed by atoms with Gasteiger partial charge in [0.15, 0.2) is 5.65 Å². The zero-order chi connectivity index (χ0) is 19.0. The normalized spacial score (nSPS) is 12.5. The highest BCUT2D eigenvalue weighted by Crippen LogP contribution is 2.20. The summed E-state index contributed by atoms with van der Waals surface area (Å²) < 4.78 is 3.26. The minimum absolute atomic E-state index is 0.165. The molecule has 26 heavy (non-hydrogen) atoms. The van der Waals surface area contributed by atoms with Gasteiger partial charge in [0.2, 0.25) is 5.91 Å². The molecule has 9 heteroatoms. The van der Waals surface area contributed by atoms with Crippen molar-refractivity contribution in [2.24, 2.45) is 14.1 Å². The van der Waals surface area contributed by atoms with E-state index in [4.69, 9.17) is 0 Å². The third-order valence-electron chi connectivity index (χ3n) is 4.62. The average molecular weight is 357 g/mol. The highest BCUT2D eigenvalue weighted by Gasteiger charge is 2.21. The Bertz CT molecular complexity index is 1030. The second kappa shape index (κ2) is 6.75. The number of hydrogen-bond donors (Lipinski definition) is 3. The summed E-state index contributed by atoms with van der Waals surface area (Å²) in [5.41, 5.74) is 3.69. The average Bonchev–Trinajstić information content (AvgIpc) is 3.11. The van der Waals surface area contributed by atoms with Crippen molar-refractivity contribution in [2.75, 3.05) is 7.05 Å². The van der Waals surface area contributed by atoms with E-state index in [1.165, 1.54) is 0 Å². The van der Waals surface area contributed by atoms with Gasteiger partial charge in [0.1, 0.15) is 6.04 Å². The van der Waals surface area contributed by atoms with Gasteiger partial charge < -0.3 is 10.6 Å². The predicted octanol–water partition coefficient (Wildman–Crippen LogP) is 0.189. The summed E-state index contributed by atoms with van der Waals surface area (Å²) in [7, 11) is 5.28. The Balaban J connectivity index is 1.86. The molecule has 0 aliphatic rings. The predicted molar refractivity (Wildman–Crippen MR) is 97.7 cm³/mol. The molecule has 0 aliphatic carbocycles. The van der Waals surface area contributed by atoms with E-state index in [1.807, 2.05) is 13.8 Å². The van der Waals surface area contributed by atoms with Gasteiger partial charge >= 0.3 is 0 Å². The fourth-order valence-corrected chi connectivity index (χ4v) is 3.22. The Morgan fingerprint density at radius 2 is 2.08 bits per heavy atom. The zero-order valence-electron chi connectivity index (χ0n) is 15.5. The lowest BCUT2D eigenvalue weighted by Gasteiger charge is -2.16. The summed E-state index contributed by atoms with van der Waals surface area (Å²) in [5, 5.41) is 13.3. The molecule has 0 saturated carbocycles. The van der Waals surface area contributed by atoms with Crippen LogP contribution in [0.2, 0.25) is 0 Å². The van der Waals surface area contributed by atoms with Gasteiger partial charge in [-0.25, -0.2) is 4.98 Å². The van der Waals surface area contributed by atoms with Crippen LogP contribution in [0.25, 0.3) is 11.0 Å². The number of aryl methyl sites for hydroxylation is 4. The number of aromatic amines is 1. The molecule has 0 spiro atoms. The van der Waals surface area contributed by atoms with Crippen molar-refractivity contribution in [1.82, 2.24) is 35.2 Å². The Morgan fingerprint density at radius 3 is 2.69 bits per heavy atom. The molecule has 0 aromatic carbocycles. The SMILES string of the molecule is CNC(C(=O)NCc1c(C)nc2c(c1C)c(=O)[nH]n2C)c1cnn(C)c1. The van der Waals surface area contributed by atoms with Gasteiger partial charge in [-0.3, -0.25) is 24.1 Å². The molecule has 0 bridgehead atoms. The van der Waals surface area contributed by atoms with E-state index in [-0.39, 0.29) is 11.5 Å². The number of hydrogen-bond acceptors (Lipinski definition) is 5. The smallest absolute Gasteiger partial charge is 0.273 e. The number of carbonyl (C=O) groups is 1. The molecule has 1 unspecified atom stereocenters. The molecule has 0 fully saturated rings. The zero-order valence-corrected chi connectivity index (χ0v) is 15.5. The summed E-state index contributed by atoms with van der Waals surface area (Å²) in [4.78, 5) is 29.3. The van der Waals surface area contributed by atoms with Crippen LogP contribution >= 0.6 is 0 Å². The van der Waals surface area contributed by atoms with Crippen molar-refractivity contribution < 1.29 is 4.79 Å². The molecule has 3 aromatic heterocycles. The molecular formula is C17H23N7O2. The first-order valence-electron chi connectivity index (χ1n) is 8.31. The number of nitrogens with zero attached hydrogens (tertiary/aromatic N) is 4. The second-order valence-electron chi connectivity index (χ2n) is 6.39. The summed E-state index contributed by atoms with van der Waals surface area (Å²) in [5.74, 6) is -0.165. The van der Waals surface area contributed by atoms with Crippen LogP contribution < -0.4 is 16.2 Å². The minimum atomic E-state index is -0.499. The van der Waals surface area contributed by atoms with Crippen LogP contribution in [0.4, 0.5) is 0 Å². The maximum absolute atomic E-state index is 12.6. The molecule has 3 rings (SSSR count). The van der Waals surface area contributed by atoms with E-state index in [9.17, 15) is 9.59 Å². The van der Waals surface area contributed by atoms with Crippen LogP contribution in [-0.4, -0.2) is 37.5 Å². The number of aromatic nitrogens is 5. The fourth-order valence-electron chi connectivity index (χ4n) is 3.22. The van der Waals surface area contributed by atoms with Crippen LogP contribution in [0.1, 0.15) is 28.4 Å². The van der Waals surface area contributed by atoms with Crippen LogP contribution in [-0.2, 0) is 25.4 Å². The molecule has 1 amide bonds. The van der Waals surface area contributed by atoms with Crippen molar-refractivity contribution >= 4 is 16.9 Å². The summed E-state index contributed by atoms with van der Waals surface area (Å²) in [6, 6.07) is -0.499. The largest absolute Gasteiger partial charge is 0.350 e. The third kappa shape index (κ3) is 3.01. The number of pyridine rings is 1. The summed E-state index contributed by atoms with van der Waals surface area (Å²) in [6.07, 6.45) is 3.46. The molecule has 3 heterocycles. The van der Waals surface area contributed by atoms with Gasteiger partial charge in [0, 0.05) is 38.1 Å². The molecule has 0 saturated heterocycles. The van der Waals surface area contributed by atoms with Crippen LogP contribution in [0.15, 0.2) is 17.2 Å². The molecule has 138 valence electrons. The Morgan fingerprint density at radius 1 is 1.35 bits per heavy atom. The molecule has 3 N–H and O–H groups in total. The first-order chi connectivity index (χ1) is 12.3. The maximum Gasteiger partial charge on any atom is 0.273 e. The number of rotatable bonds is 5. The standard InChI is InChI=1S/C17H23N7O2/c1-9-12(10(2)21-15-13(9)16(25)22-24(15)5)7-19-17(26)14(18-3)11-6-20-23(4)8-11/h6,8,14,18H,7H2,1-5H3,(H,19,26)(H,22,25). The first-order valence-corrected chi connectivity index (χ1v) is 8.31. The van der Waals surface area contributed by atoms with E-state index in [0.29, 0.717) is 17.6 Å². The van der Waals surface area contributed by atoms with E-state index in [2.05, 4.69) is 25.8 Å². The Hall–Kier alpha value is -2.94. The van der Waals surface area contributed by atoms with Crippen molar-refractivity contribution in [1.29, 1.82) is 0 Å². The minimum Gasteiger partial charge on any atom is -0.350 e. The van der Waals surface area contributed by atoms with Gasteiger partial charge in [-0.1, -0.05) is 0 Å². The van der Waals surface area contributed by atoms with Crippen molar-refractivity contribution in [3.8, 4) is 0 Å². The molecule has 1 atom stereocenters. The topological polar surface area (TPSA) is 110 Å². The van der Waals surface area contributed by atoms with E-state index < -0.39 is 6.04 Å². The first kappa shape index (κ1) is 17.9. The number of amides is 1. The van der Waals surface area contributed by atoms with E-state index in [0.717, 1.165) is 22.4 Å². The lowest BCUT2D eigenvalue weighted by atomic mass is 10.0. The number of H-pyrrole nitrogens is 1. The maximum atomic E-state index is 12.6. The van der Waals surface area contributed by atoms with Gasteiger partial charge in [-0.05, 0) is 32.0 Å². The van der Waals surface area contributed by atoms with Crippen molar-refractivity contribution in [3.63, 3.8) is 0 Å². The number of likely N-dealkylation sites (N-methyl/N-ethyl adjacent to an activating group) is 1. The van der Waals surface area contributed by atoms with Crippen LogP contribution in [0, 0.1) is 13.8 Å². The van der Waals surface area contributed by atoms with E-state index in [1.54, 1.807) is 42.9 Å². The van der Waals surface area contributed by atoms with Gasteiger partial charge in [-0.2, -0.15) is 5.10 Å². The molecule has 0 radical (unpaired) electrons. The third-order valence-corrected chi connectivity index (χ3v) is 4.62.